The smallest absolute Gasteiger partial charge is 0.0907 e. The van der Waals surface area contributed by atoms with Gasteiger partial charge in [-0.15, -0.1) is 0 Å². The van der Waals surface area contributed by atoms with Crippen LogP contribution in [0.15, 0.2) is 30.6 Å². The van der Waals surface area contributed by atoms with Crippen LogP contribution >= 0.6 is 0 Å². The van der Waals surface area contributed by atoms with E-state index in [-0.39, 0.29) is 0 Å². The van der Waals surface area contributed by atoms with Gasteiger partial charge in [-0.25, -0.2) is 0 Å². The van der Waals surface area contributed by atoms with Gasteiger partial charge in [-0.2, -0.15) is 0 Å². The van der Waals surface area contributed by atoms with E-state index in [0.29, 0.717) is 12.0 Å². The van der Waals surface area contributed by atoms with E-state index in [2.05, 4.69) is 40.8 Å². The first-order chi connectivity index (χ1) is 8.83. The molecule has 2 atom stereocenters. The number of nitrogens with zero attached hydrogens (tertiary/aromatic N) is 2. The molecule has 2 aromatic rings. The molecule has 1 aliphatic carbocycles. The van der Waals surface area contributed by atoms with Crippen LogP contribution in [0.25, 0.3) is 11.0 Å². The first-order valence-corrected chi connectivity index (χ1v) is 6.63. The molecular formula is C15H18N3. The number of hydrogen-bond acceptors (Lipinski definition) is 3. The van der Waals surface area contributed by atoms with E-state index >= 15 is 0 Å². The van der Waals surface area contributed by atoms with Crippen molar-refractivity contribution >= 4 is 16.7 Å². The van der Waals surface area contributed by atoms with Gasteiger partial charge in [0.1, 0.15) is 0 Å². The second-order valence-electron chi connectivity index (χ2n) is 5.04. The lowest BCUT2D eigenvalue weighted by molar-refractivity contribution is 0.429. The summed E-state index contributed by atoms with van der Waals surface area (Å²) >= 11 is 0. The number of benzene rings is 1. The van der Waals surface area contributed by atoms with Gasteiger partial charge >= 0.3 is 0 Å². The Labute approximate surface area is 108 Å². The van der Waals surface area contributed by atoms with Gasteiger partial charge in [-0.05, 0) is 43.4 Å². The third-order valence-electron chi connectivity index (χ3n) is 3.71. The van der Waals surface area contributed by atoms with Crippen LogP contribution in [0.1, 0.15) is 26.2 Å². The molecule has 1 saturated carbocycles. The van der Waals surface area contributed by atoms with Gasteiger partial charge in [0, 0.05) is 24.1 Å². The minimum absolute atomic E-state index is 0.549. The van der Waals surface area contributed by atoms with Crippen LogP contribution < -0.4 is 5.32 Å². The van der Waals surface area contributed by atoms with Crippen molar-refractivity contribution in [2.45, 2.75) is 32.2 Å². The maximum atomic E-state index is 4.34. The Bertz CT molecular complexity index is 538. The number of aromatic nitrogens is 2. The Hall–Kier alpha value is -1.64. The molecule has 1 aliphatic rings. The summed E-state index contributed by atoms with van der Waals surface area (Å²) in [5.74, 6) is 0.635. The zero-order valence-corrected chi connectivity index (χ0v) is 10.6. The first kappa shape index (κ1) is 11.5. The van der Waals surface area contributed by atoms with Crippen LogP contribution in [0.5, 0.6) is 0 Å². The second-order valence-corrected chi connectivity index (χ2v) is 5.04. The first-order valence-electron chi connectivity index (χ1n) is 6.63. The molecule has 3 rings (SSSR count). The zero-order chi connectivity index (χ0) is 12.4. The van der Waals surface area contributed by atoms with E-state index in [1.54, 1.807) is 12.4 Å². The Morgan fingerprint density at radius 3 is 2.83 bits per heavy atom. The average Bonchev–Trinajstić information content (AvgIpc) is 2.41. The molecule has 0 aliphatic heterocycles. The lowest BCUT2D eigenvalue weighted by atomic mass is 9.86. The van der Waals surface area contributed by atoms with Crippen molar-refractivity contribution < 1.29 is 0 Å². The monoisotopic (exact) mass is 240 g/mol. The standard InChI is InChI=1S/C15H18N3/c1-11-4-2-3-5-13(11)18-12-6-7-14-15(10-12)17-9-8-16-14/h4,6-11,13,18H,2-3,5H2,1H3. The highest BCUT2D eigenvalue weighted by atomic mass is 14.9. The Morgan fingerprint density at radius 1 is 1.17 bits per heavy atom. The molecule has 1 fully saturated rings. The Morgan fingerprint density at radius 2 is 2.00 bits per heavy atom. The van der Waals surface area contributed by atoms with Crippen LogP contribution in [0.2, 0.25) is 0 Å². The van der Waals surface area contributed by atoms with Gasteiger partial charge in [0.2, 0.25) is 0 Å². The maximum absolute atomic E-state index is 4.34. The molecule has 1 aromatic carbocycles. The normalized spacial score (nSPS) is 24.1. The quantitative estimate of drug-likeness (QED) is 0.873. The van der Waals surface area contributed by atoms with Crippen LogP contribution in [0.4, 0.5) is 5.69 Å². The van der Waals surface area contributed by atoms with Crippen LogP contribution in [0.3, 0.4) is 0 Å². The molecular weight excluding hydrogens is 222 g/mol. The highest BCUT2D eigenvalue weighted by Gasteiger charge is 2.21. The van der Waals surface area contributed by atoms with Crippen molar-refractivity contribution in [3.8, 4) is 0 Å². The predicted molar refractivity (Wildman–Crippen MR) is 74.3 cm³/mol. The third-order valence-corrected chi connectivity index (χ3v) is 3.71. The molecule has 1 radical (unpaired) electrons. The summed E-state index contributed by atoms with van der Waals surface area (Å²) < 4.78 is 0. The summed E-state index contributed by atoms with van der Waals surface area (Å²) in [4.78, 5) is 8.63. The third kappa shape index (κ3) is 2.30. The fourth-order valence-corrected chi connectivity index (χ4v) is 2.62. The van der Waals surface area contributed by atoms with Crippen LogP contribution in [-0.4, -0.2) is 16.0 Å². The Kier molecular flexibility index (Phi) is 3.13. The van der Waals surface area contributed by atoms with E-state index < -0.39 is 0 Å². The molecule has 3 nitrogen and oxygen atoms in total. The molecule has 0 amide bonds. The lowest BCUT2D eigenvalue weighted by Crippen LogP contribution is -2.30. The molecule has 3 heteroatoms. The van der Waals surface area contributed by atoms with Crippen molar-refractivity contribution in [3.05, 3.63) is 37.0 Å². The number of nitrogens with one attached hydrogen (secondary N) is 1. The molecule has 0 bridgehead atoms. The predicted octanol–water partition coefficient (Wildman–Crippen LogP) is 3.43. The lowest BCUT2D eigenvalue weighted by Gasteiger charge is -2.30. The molecule has 93 valence electrons. The fraction of sp³-hybridized carbons (Fsp3) is 0.400. The van der Waals surface area contributed by atoms with Crippen molar-refractivity contribution in [2.24, 2.45) is 5.92 Å². The van der Waals surface area contributed by atoms with Crippen LogP contribution in [-0.2, 0) is 0 Å². The van der Waals surface area contributed by atoms with Gasteiger partial charge in [0.15, 0.2) is 0 Å². The second kappa shape index (κ2) is 4.92. The molecule has 1 heterocycles. The summed E-state index contributed by atoms with van der Waals surface area (Å²) in [5, 5.41) is 3.62. The van der Waals surface area contributed by atoms with E-state index in [1.807, 2.05) is 6.07 Å². The molecule has 2 unspecified atom stereocenters. The molecule has 18 heavy (non-hydrogen) atoms. The number of rotatable bonds is 2. The average molecular weight is 240 g/mol. The largest absolute Gasteiger partial charge is 0.382 e. The van der Waals surface area contributed by atoms with Crippen LogP contribution in [0, 0.1) is 12.3 Å². The van der Waals surface area contributed by atoms with E-state index in [4.69, 9.17) is 0 Å². The summed E-state index contributed by atoms with van der Waals surface area (Å²) in [6.45, 7) is 2.29. The van der Waals surface area contributed by atoms with Gasteiger partial charge in [-0.1, -0.05) is 13.3 Å². The molecule has 0 spiro atoms. The van der Waals surface area contributed by atoms with Gasteiger partial charge in [0.25, 0.3) is 0 Å². The molecule has 1 aromatic heterocycles. The summed E-state index contributed by atoms with van der Waals surface area (Å²) in [6, 6.07) is 6.76. The van der Waals surface area contributed by atoms with E-state index in [1.165, 1.54) is 19.3 Å². The SMILES string of the molecule is CC1[CH]CCCC1Nc1ccc2nccnc2c1. The Balaban J connectivity index is 1.81. The highest BCUT2D eigenvalue weighted by molar-refractivity contribution is 5.78. The number of fused-ring (bicyclic) bond motifs is 1. The molecule has 1 N–H and O–H groups in total. The summed E-state index contributed by atoms with van der Waals surface area (Å²) in [5.41, 5.74) is 3.05. The molecule has 0 saturated heterocycles. The van der Waals surface area contributed by atoms with Crippen molar-refractivity contribution in [1.82, 2.24) is 9.97 Å². The highest BCUT2D eigenvalue weighted by Crippen LogP contribution is 2.26. The van der Waals surface area contributed by atoms with Gasteiger partial charge in [0.05, 0.1) is 11.0 Å². The van der Waals surface area contributed by atoms with Gasteiger partial charge in [-0.3, -0.25) is 9.97 Å². The van der Waals surface area contributed by atoms with Crippen molar-refractivity contribution in [3.63, 3.8) is 0 Å². The van der Waals surface area contributed by atoms with Gasteiger partial charge < -0.3 is 5.32 Å². The van der Waals surface area contributed by atoms with E-state index in [0.717, 1.165) is 16.7 Å². The van der Waals surface area contributed by atoms with E-state index in [9.17, 15) is 0 Å². The fourth-order valence-electron chi connectivity index (χ4n) is 2.62. The topological polar surface area (TPSA) is 37.8 Å². The number of anilines is 1. The zero-order valence-electron chi connectivity index (χ0n) is 10.6. The summed E-state index contributed by atoms with van der Waals surface area (Å²) in [6.07, 6.45) is 9.67. The summed E-state index contributed by atoms with van der Waals surface area (Å²) in [7, 11) is 0. The number of hydrogen-bond donors (Lipinski definition) is 1. The minimum atomic E-state index is 0.549. The maximum Gasteiger partial charge on any atom is 0.0907 e. The minimum Gasteiger partial charge on any atom is -0.382 e. The van der Waals surface area contributed by atoms with Crippen molar-refractivity contribution in [1.29, 1.82) is 0 Å². The van der Waals surface area contributed by atoms with Crippen molar-refractivity contribution in [2.75, 3.05) is 5.32 Å².